The Bertz CT molecular complexity index is 361. The van der Waals surface area contributed by atoms with E-state index in [4.69, 9.17) is 4.74 Å². The minimum atomic E-state index is -0.433. The lowest BCUT2D eigenvalue weighted by molar-refractivity contribution is -0.150. The molecular weight excluding hydrogens is 264 g/mol. The van der Waals surface area contributed by atoms with E-state index in [1.807, 2.05) is 0 Å². The monoisotopic (exact) mass is 296 g/mol. The topological polar surface area (TPSA) is 41.6 Å². The summed E-state index contributed by atoms with van der Waals surface area (Å²) in [7, 11) is 3.73. The largest absolute Gasteiger partial charge is 0.468 e. The van der Waals surface area contributed by atoms with E-state index >= 15 is 0 Å². The Morgan fingerprint density at radius 1 is 1.48 bits per heavy atom. The van der Waals surface area contributed by atoms with Gasteiger partial charge in [0.2, 0.25) is 0 Å². The van der Waals surface area contributed by atoms with Gasteiger partial charge in [-0.15, -0.1) is 0 Å². The van der Waals surface area contributed by atoms with Gasteiger partial charge in [-0.2, -0.15) is 0 Å². The molecule has 4 heteroatoms. The fourth-order valence-corrected chi connectivity index (χ4v) is 4.06. The average molecular weight is 296 g/mol. The molecule has 0 heterocycles. The summed E-state index contributed by atoms with van der Waals surface area (Å²) in [6.07, 6.45) is 5.64. The molecule has 0 amide bonds. The number of methoxy groups -OCH3 is 1. The van der Waals surface area contributed by atoms with Crippen LogP contribution in [0.1, 0.15) is 46.0 Å². The molecule has 0 aromatic heterocycles. The smallest absolute Gasteiger partial charge is 0.326 e. The van der Waals surface area contributed by atoms with Crippen molar-refractivity contribution in [3.63, 3.8) is 0 Å². The molecular formula is C17H32N2O2. The van der Waals surface area contributed by atoms with E-state index in [-0.39, 0.29) is 5.97 Å². The highest BCUT2D eigenvalue weighted by Crippen LogP contribution is 2.40. The first kappa shape index (κ1) is 16.8. The lowest BCUT2D eigenvalue weighted by Crippen LogP contribution is -2.55. The van der Waals surface area contributed by atoms with Crippen LogP contribution in [-0.4, -0.2) is 50.2 Å². The maximum Gasteiger partial charge on any atom is 0.326 e. The normalized spacial score (nSPS) is 35.2. The van der Waals surface area contributed by atoms with Crippen LogP contribution in [-0.2, 0) is 9.53 Å². The molecule has 4 unspecified atom stereocenters. The highest BCUT2D eigenvalue weighted by atomic mass is 16.5. The second kappa shape index (κ2) is 7.10. The van der Waals surface area contributed by atoms with Gasteiger partial charge in [0.1, 0.15) is 5.54 Å². The van der Waals surface area contributed by atoms with Crippen LogP contribution < -0.4 is 5.32 Å². The molecule has 2 aliphatic carbocycles. The van der Waals surface area contributed by atoms with Crippen LogP contribution in [0.5, 0.6) is 0 Å². The number of nitrogens with zero attached hydrogens (tertiary/aromatic N) is 1. The fraction of sp³-hybridized carbons (Fsp3) is 0.941. The van der Waals surface area contributed by atoms with Crippen LogP contribution in [0.15, 0.2) is 0 Å². The third-order valence-corrected chi connectivity index (χ3v) is 5.54. The number of hydrogen-bond acceptors (Lipinski definition) is 4. The molecule has 4 atom stereocenters. The Hall–Kier alpha value is -0.610. The second-order valence-electron chi connectivity index (χ2n) is 7.11. The van der Waals surface area contributed by atoms with Crippen LogP contribution in [0, 0.1) is 17.8 Å². The molecule has 0 spiro atoms. The lowest BCUT2D eigenvalue weighted by atomic mass is 9.84. The van der Waals surface area contributed by atoms with Gasteiger partial charge in [0, 0.05) is 6.54 Å². The number of ether oxygens (including phenoxy) is 1. The standard InChI is InChI=1S/C17H32N2O2/c1-5-18-17(16(20)21-4)9-6-7-15(17)8-10-19(3)12-14-11-13(14)2/h13-15,18H,5-12H2,1-4H3. The van der Waals surface area contributed by atoms with E-state index in [0.29, 0.717) is 5.92 Å². The van der Waals surface area contributed by atoms with Crippen molar-refractivity contribution in [3.05, 3.63) is 0 Å². The van der Waals surface area contributed by atoms with Gasteiger partial charge < -0.3 is 15.0 Å². The highest BCUT2D eigenvalue weighted by molar-refractivity contribution is 5.81. The molecule has 21 heavy (non-hydrogen) atoms. The van der Waals surface area contributed by atoms with E-state index in [1.165, 1.54) is 20.1 Å². The first-order valence-electron chi connectivity index (χ1n) is 8.55. The summed E-state index contributed by atoms with van der Waals surface area (Å²) in [6.45, 7) is 7.52. The summed E-state index contributed by atoms with van der Waals surface area (Å²) >= 11 is 0. The maximum atomic E-state index is 12.3. The summed E-state index contributed by atoms with van der Waals surface area (Å²) < 4.78 is 5.10. The van der Waals surface area contributed by atoms with E-state index < -0.39 is 5.54 Å². The number of likely N-dealkylation sites (N-methyl/N-ethyl adjacent to an activating group) is 1. The van der Waals surface area contributed by atoms with Gasteiger partial charge in [0.05, 0.1) is 7.11 Å². The molecule has 2 aliphatic rings. The summed E-state index contributed by atoms with van der Waals surface area (Å²) in [4.78, 5) is 14.8. The molecule has 0 radical (unpaired) electrons. The third kappa shape index (κ3) is 3.78. The van der Waals surface area contributed by atoms with E-state index in [0.717, 1.165) is 50.6 Å². The first-order valence-corrected chi connectivity index (χ1v) is 8.55. The quantitative estimate of drug-likeness (QED) is 0.698. The molecule has 0 saturated heterocycles. The Morgan fingerprint density at radius 2 is 2.19 bits per heavy atom. The van der Waals surface area contributed by atoms with Crippen LogP contribution in [0.25, 0.3) is 0 Å². The van der Waals surface area contributed by atoms with Crippen LogP contribution in [0.3, 0.4) is 0 Å². The minimum Gasteiger partial charge on any atom is -0.468 e. The van der Waals surface area contributed by atoms with Crippen molar-refractivity contribution in [2.45, 2.75) is 51.5 Å². The van der Waals surface area contributed by atoms with Gasteiger partial charge in [0.15, 0.2) is 0 Å². The van der Waals surface area contributed by atoms with Crippen molar-refractivity contribution in [2.24, 2.45) is 17.8 Å². The number of carbonyl (C=O) groups excluding carboxylic acids is 1. The molecule has 122 valence electrons. The molecule has 0 aromatic carbocycles. The van der Waals surface area contributed by atoms with Crippen molar-refractivity contribution in [1.82, 2.24) is 10.2 Å². The summed E-state index contributed by atoms with van der Waals surface area (Å²) in [5.74, 6) is 2.15. The summed E-state index contributed by atoms with van der Waals surface area (Å²) in [6, 6.07) is 0. The fourth-order valence-electron chi connectivity index (χ4n) is 4.06. The van der Waals surface area contributed by atoms with Crippen LogP contribution in [0.2, 0.25) is 0 Å². The molecule has 0 bridgehead atoms. The van der Waals surface area contributed by atoms with Crippen molar-refractivity contribution in [1.29, 1.82) is 0 Å². The van der Waals surface area contributed by atoms with Gasteiger partial charge in [0.25, 0.3) is 0 Å². The van der Waals surface area contributed by atoms with Gasteiger partial charge in [-0.3, -0.25) is 4.79 Å². The van der Waals surface area contributed by atoms with Gasteiger partial charge in [-0.25, -0.2) is 0 Å². The maximum absolute atomic E-state index is 12.3. The van der Waals surface area contributed by atoms with Crippen molar-refractivity contribution in [2.75, 3.05) is 33.8 Å². The Balaban J connectivity index is 1.88. The SMILES string of the molecule is CCNC1(C(=O)OC)CCCC1CCN(C)CC1CC1C. The number of hydrogen-bond donors (Lipinski definition) is 1. The van der Waals surface area contributed by atoms with Gasteiger partial charge in [-0.05, 0) is 63.6 Å². The Labute approximate surface area is 129 Å². The zero-order valence-electron chi connectivity index (χ0n) is 14.2. The van der Waals surface area contributed by atoms with Crippen molar-refractivity contribution >= 4 is 5.97 Å². The Morgan fingerprint density at radius 3 is 2.76 bits per heavy atom. The van der Waals surface area contributed by atoms with E-state index in [2.05, 4.69) is 31.1 Å². The summed E-state index contributed by atoms with van der Waals surface area (Å²) in [5.41, 5.74) is -0.433. The number of esters is 1. The van der Waals surface area contributed by atoms with Gasteiger partial charge in [-0.1, -0.05) is 20.3 Å². The van der Waals surface area contributed by atoms with Gasteiger partial charge >= 0.3 is 5.97 Å². The predicted molar refractivity (Wildman–Crippen MR) is 85.1 cm³/mol. The number of carbonyl (C=O) groups is 1. The van der Waals surface area contributed by atoms with Crippen molar-refractivity contribution < 1.29 is 9.53 Å². The Kier molecular flexibility index (Phi) is 5.67. The number of nitrogens with one attached hydrogen (secondary N) is 1. The molecule has 4 nitrogen and oxygen atoms in total. The van der Waals surface area contributed by atoms with E-state index in [1.54, 1.807) is 0 Å². The minimum absolute atomic E-state index is 0.0645. The molecule has 2 saturated carbocycles. The molecule has 0 aliphatic heterocycles. The van der Waals surface area contributed by atoms with Crippen LogP contribution >= 0.6 is 0 Å². The van der Waals surface area contributed by atoms with Crippen LogP contribution in [0.4, 0.5) is 0 Å². The molecule has 0 aromatic rings. The van der Waals surface area contributed by atoms with E-state index in [9.17, 15) is 4.79 Å². The summed E-state index contributed by atoms with van der Waals surface area (Å²) in [5, 5.41) is 3.45. The predicted octanol–water partition coefficient (Wildman–Crippen LogP) is 2.29. The highest BCUT2D eigenvalue weighted by Gasteiger charge is 2.49. The second-order valence-corrected chi connectivity index (χ2v) is 7.11. The zero-order valence-corrected chi connectivity index (χ0v) is 14.2. The van der Waals surface area contributed by atoms with Crippen molar-refractivity contribution in [3.8, 4) is 0 Å². The third-order valence-electron chi connectivity index (χ3n) is 5.54. The zero-order chi connectivity index (χ0) is 15.5. The first-order chi connectivity index (χ1) is 10.0. The molecule has 1 N–H and O–H groups in total. The average Bonchev–Trinajstić information content (AvgIpc) is 3.00. The number of rotatable bonds is 8. The molecule has 2 fully saturated rings. The molecule has 2 rings (SSSR count). The lowest BCUT2D eigenvalue weighted by Gasteiger charge is -2.34.